The van der Waals surface area contributed by atoms with E-state index in [0.717, 1.165) is 46.5 Å². The minimum atomic E-state index is -2.72. The Morgan fingerprint density at radius 2 is 1.73 bits per heavy atom. The fourth-order valence-electron chi connectivity index (χ4n) is 5.87. The van der Waals surface area contributed by atoms with E-state index in [1.165, 1.54) is 6.20 Å². The van der Waals surface area contributed by atoms with Crippen molar-refractivity contribution in [2.45, 2.75) is 91.2 Å². The maximum atomic E-state index is 15.0. The van der Waals surface area contributed by atoms with Crippen LogP contribution in [-0.4, -0.2) is 41.4 Å². The highest BCUT2D eigenvalue weighted by Crippen LogP contribution is 2.58. The first-order valence-corrected chi connectivity index (χ1v) is 16.9. The van der Waals surface area contributed by atoms with E-state index in [2.05, 4.69) is 62.7 Å². The Morgan fingerprint density at radius 1 is 1.02 bits per heavy atom. The summed E-state index contributed by atoms with van der Waals surface area (Å²) < 4.78 is 39.8. The van der Waals surface area contributed by atoms with Gasteiger partial charge < -0.3 is 9.26 Å². The number of nitrogens with zero attached hydrogens (tertiary/aromatic N) is 2. The minimum Gasteiger partial charge on any atom is -0.489 e. The molecule has 0 radical (unpaired) electrons. The van der Waals surface area contributed by atoms with Crippen molar-refractivity contribution >= 4 is 7.37 Å². The first-order chi connectivity index (χ1) is 19.4. The molecule has 3 aromatic rings. The Hall–Kier alpha value is -2.53. The molecule has 0 spiro atoms. The van der Waals surface area contributed by atoms with Gasteiger partial charge in [-0.05, 0) is 99.7 Å². The quantitative estimate of drug-likeness (QED) is 0.189. The maximum absolute atomic E-state index is 15.0. The molecule has 41 heavy (non-hydrogen) atoms. The van der Waals surface area contributed by atoms with Crippen molar-refractivity contribution in [1.29, 1.82) is 0 Å². The summed E-state index contributed by atoms with van der Waals surface area (Å²) in [5.41, 5.74) is 5.42. The van der Waals surface area contributed by atoms with Gasteiger partial charge in [0.15, 0.2) is 0 Å². The summed E-state index contributed by atoms with van der Waals surface area (Å²) in [5.74, 6) is 1.18. The molecule has 1 aliphatic rings. The summed E-state index contributed by atoms with van der Waals surface area (Å²) >= 11 is 0. The van der Waals surface area contributed by atoms with Crippen LogP contribution >= 0.6 is 7.37 Å². The predicted molar refractivity (Wildman–Crippen MR) is 166 cm³/mol. The topological polar surface area (TPSA) is 51.7 Å². The zero-order valence-electron chi connectivity index (χ0n) is 25.9. The van der Waals surface area contributed by atoms with Crippen LogP contribution in [0.3, 0.4) is 0 Å². The van der Waals surface area contributed by atoms with Gasteiger partial charge in [-0.3, -0.25) is 14.4 Å². The molecule has 0 N–H and O–H groups in total. The van der Waals surface area contributed by atoms with Crippen molar-refractivity contribution in [1.82, 2.24) is 9.88 Å². The van der Waals surface area contributed by atoms with Gasteiger partial charge in [0.1, 0.15) is 18.2 Å². The number of hydrogen-bond donors (Lipinski definition) is 0. The molecule has 1 fully saturated rings. The Kier molecular flexibility index (Phi) is 10.1. The average Bonchev–Trinajstić information content (AvgIpc) is 3.77. The van der Waals surface area contributed by atoms with Crippen molar-refractivity contribution < 1.29 is 18.2 Å². The highest BCUT2D eigenvalue weighted by molar-refractivity contribution is 7.58. The van der Waals surface area contributed by atoms with Gasteiger partial charge >= 0.3 is 0 Å². The summed E-state index contributed by atoms with van der Waals surface area (Å²) in [6.45, 7) is 15.5. The lowest BCUT2D eigenvalue weighted by atomic mass is 9.91. The fraction of sp³-hybridized carbons (Fsp3) is 0.500. The van der Waals surface area contributed by atoms with Gasteiger partial charge in [0.2, 0.25) is 7.37 Å². The lowest BCUT2D eigenvalue weighted by molar-refractivity contribution is 0.166. The maximum Gasteiger partial charge on any atom is 0.203 e. The summed E-state index contributed by atoms with van der Waals surface area (Å²) in [4.78, 5) is 6.53. The summed E-state index contributed by atoms with van der Waals surface area (Å²) in [6.07, 6.45) is 3.61. The van der Waals surface area contributed by atoms with E-state index >= 15 is 0 Å². The largest absolute Gasteiger partial charge is 0.489 e. The molecule has 0 saturated heterocycles. The fourth-order valence-corrected chi connectivity index (χ4v) is 7.21. The Labute approximate surface area is 245 Å². The molecule has 1 heterocycles. The molecule has 3 unspecified atom stereocenters. The molecular formula is C34H46FN2O3P. The average molecular weight is 581 g/mol. The third-order valence-electron chi connectivity index (χ3n) is 8.53. The van der Waals surface area contributed by atoms with Crippen LogP contribution in [0.5, 0.6) is 5.75 Å². The molecule has 2 aromatic carbocycles. The van der Waals surface area contributed by atoms with E-state index in [4.69, 9.17) is 9.26 Å². The van der Waals surface area contributed by atoms with E-state index < -0.39 is 7.37 Å². The molecule has 222 valence electrons. The standard InChI is InChI=1S/C34H46FN2O3P/c1-22(2)37(23(3)4)20-29-17-26(12-15-31(29)32-16-24(5)36-19-33(32)35)21-40-30-11-9-10-28(18-30)34(27-13-14-27)25(6)41(8,38)39-7/h9-12,15-19,22-23,25,27,34H,13-14,20-21H2,1-8H3. The van der Waals surface area contributed by atoms with Crippen molar-refractivity contribution in [3.05, 3.63) is 82.9 Å². The summed E-state index contributed by atoms with van der Waals surface area (Å²) in [7, 11) is -1.17. The van der Waals surface area contributed by atoms with E-state index in [-0.39, 0.29) is 17.4 Å². The Bertz CT molecular complexity index is 1380. The van der Waals surface area contributed by atoms with Gasteiger partial charge in [0.05, 0.1) is 6.20 Å². The monoisotopic (exact) mass is 580 g/mol. The first-order valence-electron chi connectivity index (χ1n) is 14.8. The van der Waals surface area contributed by atoms with Crippen LogP contribution in [-0.2, 0) is 22.2 Å². The molecule has 5 nitrogen and oxygen atoms in total. The van der Waals surface area contributed by atoms with Gasteiger partial charge in [0.25, 0.3) is 0 Å². The predicted octanol–water partition coefficient (Wildman–Crippen LogP) is 8.83. The Balaban J connectivity index is 1.61. The second kappa shape index (κ2) is 13.2. The number of halogens is 1. The van der Waals surface area contributed by atoms with Crippen LogP contribution in [0, 0.1) is 18.7 Å². The minimum absolute atomic E-state index is 0.0626. The van der Waals surface area contributed by atoms with Gasteiger partial charge in [-0.25, -0.2) is 4.39 Å². The first kappa shape index (κ1) is 31.4. The van der Waals surface area contributed by atoms with Gasteiger partial charge in [-0.1, -0.05) is 37.3 Å². The SMILES string of the molecule is COP(C)(=O)C(C)C(c1cccc(OCc2ccc(-c3cc(C)ncc3F)c(CN(C(C)C)C(C)C)c2)c1)C1CC1. The van der Waals surface area contributed by atoms with E-state index in [1.807, 2.05) is 37.3 Å². The second-order valence-electron chi connectivity index (χ2n) is 12.2. The zero-order chi connectivity index (χ0) is 29.9. The molecule has 7 heteroatoms. The van der Waals surface area contributed by atoms with E-state index in [1.54, 1.807) is 13.8 Å². The number of ether oxygens (including phenoxy) is 1. The Morgan fingerprint density at radius 3 is 2.37 bits per heavy atom. The third kappa shape index (κ3) is 7.66. The molecule has 0 amide bonds. The van der Waals surface area contributed by atoms with E-state index in [9.17, 15) is 8.96 Å². The normalized spacial score (nSPS) is 16.7. The van der Waals surface area contributed by atoms with Gasteiger partial charge in [-0.2, -0.15) is 0 Å². The second-order valence-corrected chi connectivity index (χ2v) is 15.2. The summed E-state index contributed by atoms with van der Waals surface area (Å²) in [6, 6.07) is 16.9. The van der Waals surface area contributed by atoms with Crippen molar-refractivity contribution in [3.63, 3.8) is 0 Å². The molecule has 1 aromatic heterocycles. The van der Waals surface area contributed by atoms with Crippen LogP contribution < -0.4 is 4.74 Å². The number of rotatable bonds is 13. The van der Waals surface area contributed by atoms with Crippen molar-refractivity contribution in [2.75, 3.05) is 13.8 Å². The number of hydrogen-bond acceptors (Lipinski definition) is 5. The van der Waals surface area contributed by atoms with Crippen LogP contribution in [0.4, 0.5) is 4.39 Å². The molecule has 0 bridgehead atoms. The number of aromatic nitrogens is 1. The zero-order valence-corrected chi connectivity index (χ0v) is 26.8. The lowest BCUT2D eigenvalue weighted by Crippen LogP contribution is -2.36. The molecule has 4 rings (SSSR count). The van der Waals surface area contributed by atoms with Crippen molar-refractivity contribution in [2.24, 2.45) is 5.92 Å². The highest BCUT2D eigenvalue weighted by atomic mass is 31.2. The molecule has 3 atom stereocenters. The van der Waals surface area contributed by atoms with Crippen LogP contribution in [0.2, 0.25) is 0 Å². The van der Waals surface area contributed by atoms with Gasteiger partial charge in [-0.15, -0.1) is 0 Å². The number of aryl methyl sites for hydroxylation is 1. The lowest BCUT2D eigenvalue weighted by Gasteiger charge is -2.31. The molecule has 1 aliphatic carbocycles. The molecule has 1 saturated carbocycles. The number of pyridine rings is 1. The van der Waals surface area contributed by atoms with Crippen LogP contribution in [0.1, 0.15) is 75.8 Å². The molecular weight excluding hydrogens is 534 g/mol. The van der Waals surface area contributed by atoms with Gasteiger partial charge in [0, 0.05) is 49.3 Å². The van der Waals surface area contributed by atoms with Crippen LogP contribution in [0.15, 0.2) is 54.7 Å². The van der Waals surface area contributed by atoms with Crippen LogP contribution in [0.25, 0.3) is 11.1 Å². The molecule has 0 aliphatic heterocycles. The third-order valence-corrected chi connectivity index (χ3v) is 11.1. The number of benzene rings is 2. The summed E-state index contributed by atoms with van der Waals surface area (Å²) in [5, 5.41) is 0. The van der Waals surface area contributed by atoms with Crippen molar-refractivity contribution in [3.8, 4) is 16.9 Å². The smallest absolute Gasteiger partial charge is 0.203 e. The highest BCUT2D eigenvalue weighted by Gasteiger charge is 2.42. The van der Waals surface area contributed by atoms with E-state index in [0.29, 0.717) is 36.7 Å².